The molecule has 0 aromatic heterocycles. The fourth-order valence-corrected chi connectivity index (χ4v) is 3.20. The quantitative estimate of drug-likeness (QED) is 0.653. The van der Waals surface area contributed by atoms with Gasteiger partial charge in [-0.2, -0.15) is 0 Å². The van der Waals surface area contributed by atoms with Gasteiger partial charge in [0.25, 0.3) is 0 Å². The molecule has 2 amide bonds. The van der Waals surface area contributed by atoms with Crippen LogP contribution in [-0.2, 0) is 4.74 Å². The van der Waals surface area contributed by atoms with Crippen LogP contribution in [0.15, 0.2) is 0 Å². The van der Waals surface area contributed by atoms with Gasteiger partial charge in [-0.25, -0.2) is 4.79 Å². The van der Waals surface area contributed by atoms with E-state index in [0.717, 1.165) is 19.3 Å². The van der Waals surface area contributed by atoms with Gasteiger partial charge in [-0.3, -0.25) is 0 Å². The monoisotopic (exact) mass is 284 g/mol. The predicted octanol–water partition coefficient (Wildman–Crippen LogP) is 1.94. The molecule has 2 rings (SSSR count). The number of nitrogens with one attached hydrogen (secondary N) is 2. The highest BCUT2D eigenvalue weighted by atomic mass is 16.5. The van der Waals surface area contributed by atoms with E-state index >= 15 is 0 Å². The molecule has 5 heteroatoms. The molecule has 5 nitrogen and oxygen atoms in total. The molecular weight excluding hydrogens is 256 g/mol. The second-order valence-corrected chi connectivity index (χ2v) is 5.95. The largest absolute Gasteiger partial charge is 0.396 e. The first-order chi connectivity index (χ1) is 9.79. The molecule has 0 aromatic rings. The molecule has 3 N–H and O–H groups in total. The Bertz CT molecular complexity index is 293. The summed E-state index contributed by atoms with van der Waals surface area (Å²) in [5, 5.41) is 14.5. The van der Waals surface area contributed by atoms with E-state index < -0.39 is 0 Å². The van der Waals surface area contributed by atoms with Crippen LogP contribution in [0.25, 0.3) is 0 Å². The summed E-state index contributed by atoms with van der Waals surface area (Å²) in [5.41, 5.74) is 0. The fraction of sp³-hybridized carbons (Fsp3) is 0.933. The van der Waals surface area contributed by atoms with Crippen LogP contribution < -0.4 is 10.6 Å². The molecule has 0 saturated heterocycles. The van der Waals surface area contributed by atoms with Crippen molar-refractivity contribution in [3.05, 3.63) is 0 Å². The van der Waals surface area contributed by atoms with Crippen molar-refractivity contribution >= 4 is 6.03 Å². The SMILES string of the molecule is O=C(NCCCO)N[C@@H]1CCCC[C@@H]1OC1CCCC1. The first-order valence-corrected chi connectivity index (χ1v) is 8.10. The summed E-state index contributed by atoms with van der Waals surface area (Å²) >= 11 is 0. The lowest BCUT2D eigenvalue weighted by molar-refractivity contribution is -0.0410. The number of rotatable bonds is 6. The van der Waals surface area contributed by atoms with E-state index in [4.69, 9.17) is 9.84 Å². The molecule has 116 valence electrons. The zero-order valence-electron chi connectivity index (χ0n) is 12.3. The van der Waals surface area contributed by atoms with Gasteiger partial charge in [0.2, 0.25) is 0 Å². The van der Waals surface area contributed by atoms with Gasteiger partial charge in [0.1, 0.15) is 0 Å². The molecule has 2 aliphatic rings. The third-order valence-corrected chi connectivity index (χ3v) is 4.31. The van der Waals surface area contributed by atoms with E-state index in [2.05, 4.69) is 10.6 Å². The average Bonchev–Trinajstić information content (AvgIpc) is 2.94. The van der Waals surface area contributed by atoms with Crippen LogP contribution in [0.3, 0.4) is 0 Å². The molecule has 0 heterocycles. The number of carbonyl (C=O) groups excluding carboxylic acids is 1. The first kappa shape index (κ1) is 15.6. The minimum atomic E-state index is -0.134. The van der Waals surface area contributed by atoms with Gasteiger partial charge in [-0.15, -0.1) is 0 Å². The van der Waals surface area contributed by atoms with Crippen molar-refractivity contribution in [1.29, 1.82) is 0 Å². The lowest BCUT2D eigenvalue weighted by Gasteiger charge is -2.34. The number of aliphatic hydroxyl groups excluding tert-OH is 1. The van der Waals surface area contributed by atoms with Gasteiger partial charge in [-0.1, -0.05) is 25.7 Å². The summed E-state index contributed by atoms with van der Waals surface area (Å²) in [4.78, 5) is 11.8. The molecule has 0 aliphatic heterocycles. The maximum absolute atomic E-state index is 11.8. The number of ether oxygens (including phenoxy) is 1. The maximum Gasteiger partial charge on any atom is 0.315 e. The predicted molar refractivity (Wildman–Crippen MR) is 77.6 cm³/mol. The molecule has 0 bridgehead atoms. The summed E-state index contributed by atoms with van der Waals surface area (Å²) in [6.07, 6.45) is 10.5. The Hall–Kier alpha value is -0.810. The van der Waals surface area contributed by atoms with Crippen molar-refractivity contribution < 1.29 is 14.6 Å². The molecule has 0 aromatic carbocycles. The van der Waals surface area contributed by atoms with E-state index in [1.807, 2.05) is 0 Å². The summed E-state index contributed by atoms with van der Waals surface area (Å²) < 4.78 is 6.21. The summed E-state index contributed by atoms with van der Waals surface area (Å²) in [6, 6.07) is 0.00356. The minimum absolute atomic E-state index is 0.108. The van der Waals surface area contributed by atoms with E-state index in [1.165, 1.54) is 32.1 Å². The van der Waals surface area contributed by atoms with Crippen LogP contribution >= 0.6 is 0 Å². The Balaban J connectivity index is 1.75. The van der Waals surface area contributed by atoms with Crippen molar-refractivity contribution in [3.63, 3.8) is 0 Å². The lowest BCUT2D eigenvalue weighted by Crippen LogP contribution is -2.50. The Morgan fingerprint density at radius 2 is 1.80 bits per heavy atom. The molecule has 0 unspecified atom stereocenters. The third-order valence-electron chi connectivity index (χ3n) is 4.31. The van der Waals surface area contributed by atoms with Crippen LogP contribution in [0.1, 0.15) is 57.8 Å². The van der Waals surface area contributed by atoms with Crippen LogP contribution in [0, 0.1) is 0 Å². The van der Waals surface area contributed by atoms with Crippen molar-refractivity contribution in [1.82, 2.24) is 10.6 Å². The zero-order chi connectivity index (χ0) is 14.2. The normalized spacial score (nSPS) is 27.4. The molecule has 2 saturated carbocycles. The molecule has 20 heavy (non-hydrogen) atoms. The number of hydrogen-bond acceptors (Lipinski definition) is 3. The van der Waals surface area contributed by atoms with Crippen molar-refractivity contribution in [2.45, 2.75) is 76.0 Å². The van der Waals surface area contributed by atoms with Crippen LogP contribution in [0.4, 0.5) is 4.79 Å². The highest BCUT2D eigenvalue weighted by molar-refractivity contribution is 5.74. The van der Waals surface area contributed by atoms with Gasteiger partial charge in [-0.05, 0) is 32.1 Å². The molecule has 2 atom stereocenters. The molecule has 0 radical (unpaired) electrons. The Morgan fingerprint density at radius 1 is 1.10 bits per heavy atom. The Morgan fingerprint density at radius 3 is 2.55 bits per heavy atom. The minimum Gasteiger partial charge on any atom is -0.396 e. The standard InChI is InChI=1S/C15H28N2O3/c18-11-5-10-16-15(19)17-13-8-3-4-9-14(13)20-12-6-1-2-7-12/h12-14,18H,1-11H2,(H2,16,17,19)/t13-,14+/m1/s1. The highest BCUT2D eigenvalue weighted by Gasteiger charge is 2.30. The lowest BCUT2D eigenvalue weighted by atomic mass is 9.92. The van der Waals surface area contributed by atoms with E-state index in [9.17, 15) is 4.79 Å². The average molecular weight is 284 g/mol. The summed E-state index contributed by atoms with van der Waals surface area (Å²) in [5.74, 6) is 0. The Labute approximate surface area is 121 Å². The topological polar surface area (TPSA) is 70.6 Å². The van der Waals surface area contributed by atoms with Gasteiger partial charge in [0.05, 0.1) is 18.2 Å². The van der Waals surface area contributed by atoms with Crippen LogP contribution in [0.2, 0.25) is 0 Å². The molecule has 2 fully saturated rings. The molecule has 2 aliphatic carbocycles. The van der Waals surface area contributed by atoms with Crippen LogP contribution in [-0.4, -0.2) is 42.5 Å². The van der Waals surface area contributed by atoms with Crippen molar-refractivity contribution in [2.75, 3.05) is 13.2 Å². The van der Waals surface area contributed by atoms with Crippen molar-refractivity contribution in [3.8, 4) is 0 Å². The fourth-order valence-electron chi connectivity index (χ4n) is 3.20. The number of carbonyl (C=O) groups is 1. The second-order valence-electron chi connectivity index (χ2n) is 5.95. The van der Waals surface area contributed by atoms with E-state index in [-0.39, 0.29) is 24.8 Å². The number of urea groups is 1. The maximum atomic E-state index is 11.8. The zero-order valence-corrected chi connectivity index (χ0v) is 12.3. The number of amides is 2. The van der Waals surface area contributed by atoms with Gasteiger partial charge in [0.15, 0.2) is 0 Å². The number of aliphatic hydroxyl groups is 1. The van der Waals surface area contributed by atoms with E-state index in [0.29, 0.717) is 19.1 Å². The van der Waals surface area contributed by atoms with Gasteiger partial charge >= 0.3 is 6.03 Å². The van der Waals surface area contributed by atoms with E-state index in [1.54, 1.807) is 0 Å². The summed E-state index contributed by atoms with van der Waals surface area (Å²) in [7, 11) is 0. The third kappa shape index (κ3) is 4.94. The first-order valence-electron chi connectivity index (χ1n) is 8.10. The molecular formula is C15H28N2O3. The van der Waals surface area contributed by atoms with Crippen LogP contribution in [0.5, 0.6) is 0 Å². The van der Waals surface area contributed by atoms with Gasteiger partial charge in [0, 0.05) is 13.2 Å². The number of hydrogen-bond donors (Lipinski definition) is 3. The van der Waals surface area contributed by atoms with Crippen molar-refractivity contribution in [2.24, 2.45) is 0 Å². The molecule has 0 spiro atoms. The smallest absolute Gasteiger partial charge is 0.315 e. The Kier molecular flexibility index (Phi) is 6.60. The highest BCUT2D eigenvalue weighted by Crippen LogP contribution is 2.28. The second kappa shape index (κ2) is 8.47. The summed E-state index contributed by atoms with van der Waals surface area (Å²) in [6.45, 7) is 0.625. The van der Waals surface area contributed by atoms with Gasteiger partial charge < -0.3 is 20.5 Å².